The van der Waals surface area contributed by atoms with Gasteiger partial charge in [-0.3, -0.25) is 14.9 Å². The Balaban J connectivity index is 0.000000705. The highest BCUT2D eigenvalue weighted by Crippen LogP contribution is 2.35. The molecule has 8 heteroatoms. The molecule has 0 aliphatic heterocycles. The van der Waals surface area contributed by atoms with Crippen LogP contribution < -0.4 is 14.8 Å². The predicted octanol–water partition coefficient (Wildman–Crippen LogP) is 12.0. The monoisotopic (exact) mass is 703 g/mol. The summed E-state index contributed by atoms with van der Waals surface area (Å²) in [5, 5.41) is 2.88. The molecule has 1 N–H and O–H groups in total. The molecule has 0 spiro atoms. The highest BCUT2D eigenvalue weighted by molar-refractivity contribution is 6.02. The van der Waals surface area contributed by atoms with Crippen LogP contribution >= 0.6 is 0 Å². The van der Waals surface area contributed by atoms with Gasteiger partial charge in [-0.25, -0.2) is 9.18 Å². The lowest BCUT2D eigenvalue weighted by atomic mass is 9.90. The molecular weight excluding hydrogens is 645 g/mol. The molecule has 0 saturated heterocycles. The predicted molar refractivity (Wildman–Crippen MR) is 205 cm³/mol. The zero-order valence-electron chi connectivity index (χ0n) is 32.1. The van der Waals surface area contributed by atoms with E-state index < -0.39 is 6.09 Å². The quantitative estimate of drug-likeness (QED) is 0.105. The smallest absolute Gasteiger partial charge is 0.411 e. The standard InChI is InChI=1S/C33H40FNO5.C10H18O/c1-7-21(5)31(36)30-23(10-4)11-12-24(32(30)38-6)20-39-33(37)35-29-18-17-27(19-28(29)22(8-2)9-3)40-26-15-13-25(34)14-16-26;1-5-10(11)7-6-9(4)8(2)3/h11-19,21-22H,7-10,20H2,1-6H3,(H,35,37);9H,2,5-7H2,1,3-4H3. The van der Waals surface area contributed by atoms with Crippen molar-refractivity contribution in [1.29, 1.82) is 0 Å². The number of nitrogens with one attached hydrogen (secondary N) is 1. The Kier molecular flexibility index (Phi) is 18.2. The normalized spacial score (nSPS) is 11.9. The van der Waals surface area contributed by atoms with Crippen molar-refractivity contribution in [2.45, 2.75) is 113 Å². The second kappa shape index (κ2) is 21.7. The van der Waals surface area contributed by atoms with Crippen LogP contribution in [0.1, 0.15) is 127 Å². The van der Waals surface area contributed by atoms with Gasteiger partial charge in [0.25, 0.3) is 0 Å². The molecule has 278 valence electrons. The van der Waals surface area contributed by atoms with E-state index in [-0.39, 0.29) is 30.0 Å². The molecule has 0 saturated carbocycles. The van der Waals surface area contributed by atoms with Crippen LogP contribution in [0.15, 0.2) is 66.7 Å². The number of allylic oxidation sites excluding steroid dienone is 1. The SMILES string of the molecule is C=C(C)C(C)CCC(=O)CC.CCc1ccc(COC(=O)Nc2ccc(Oc3ccc(F)cc3)cc2C(CC)CC)c(OC)c1C(=O)C(C)CC. The van der Waals surface area contributed by atoms with Gasteiger partial charge in [-0.2, -0.15) is 0 Å². The molecule has 0 aliphatic carbocycles. The second-order valence-corrected chi connectivity index (χ2v) is 13.0. The van der Waals surface area contributed by atoms with Gasteiger partial charge in [0.2, 0.25) is 0 Å². The van der Waals surface area contributed by atoms with Gasteiger partial charge in [-0.05, 0) is 104 Å². The van der Waals surface area contributed by atoms with E-state index in [2.05, 4.69) is 32.7 Å². The first-order chi connectivity index (χ1) is 24.3. The Labute approximate surface area is 305 Å². The molecule has 0 heterocycles. The van der Waals surface area contributed by atoms with Crippen molar-refractivity contribution in [2.75, 3.05) is 12.4 Å². The van der Waals surface area contributed by atoms with E-state index in [1.54, 1.807) is 24.3 Å². The summed E-state index contributed by atoms with van der Waals surface area (Å²) < 4.78 is 30.5. The van der Waals surface area contributed by atoms with Crippen LogP contribution in [-0.4, -0.2) is 24.8 Å². The zero-order valence-corrected chi connectivity index (χ0v) is 32.1. The molecule has 0 aliphatic rings. The number of hydrogen-bond acceptors (Lipinski definition) is 6. The highest BCUT2D eigenvalue weighted by Gasteiger charge is 2.24. The number of carbonyl (C=O) groups excluding carboxylic acids is 3. The second-order valence-electron chi connectivity index (χ2n) is 13.0. The van der Waals surface area contributed by atoms with Gasteiger partial charge in [0.1, 0.15) is 35.5 Å². The van der Waals surface area contributed by atoms with E-state index in [1.807, 2.05) is 52.8 Å². The molecule has 7 nitrogen and oxygen atoms in total. The fourth-order valence-corrected chi connectivity index (χ4v) is 5.52. The third-order valence-corrected chi connectivity index (χ3v) is 9.40. The Morgan fingerprint density at radius 2 is 1.47 bits per heavy atom. The third kappa shape index (κ3) is 13.0. The van der Waals surface area contributed by atoms with Crippen LogP contribution in [0.25, 0.3) is 0 Å². The molecule has 2 unspecified atom stereocenters. The number of anilines is 1. The first-order valence-electron chi connectivity index (χ1n) is 18.2. The maximum Gasteiger partial charge on any atom is 0.411 e. The molecule has 3 aromatic carbocycles. The molecule has 0 aromatic heterocycles. The Hall–Kier alpha value is -4.46. The van der Waals surface area contributed by atoms with Gasteiger partial charge in [-0.1, -0.05) is 72.8 Å². The van der Waals surface area contributed by atoms with Gasteiger partial charge in [-0.15, -0.1) is 0 Å². The average Bonchev–Trinajstić information content (AvgIpc) is 3.14. The van der Waals surface area contributed by atoms with E-state index >= 15 is 0 Å². The number of carbonyl (C=O) groups is 3. The summed E-state index contributed by atoms with van der Waals surface area (Å²) in [5.74, 6) is 2.15. The average molecular weight is 704 g/mol. The number of hydrogen-bond donors (Lipinski definition) is 1. The van der Waals surface area contributed by atoms with Crippen molar-refractivity contribution >= 4 is 23.3 Å². The number of amides is 1. The minimum atomic E-state index is -0.615. The number of Topliss-reactive ketones (excluding diaryl/α,β-unsaturated/α-hetero) is 2. The fourth-order valence-electron chi connectivity index (χ4n) is 5.52. The summed E-state index contributed by atoms with van der Waals surface area (Å²) in [4.78, 5) is 37.0. The summed E-state index contributed by atoms with van der Waals surface area (Å²) in [6.45, 7) is 19.9. The van der Waals surface area contributed by atoms with Crippen molar-refractivity contribution in [2.24, 2.45) is 11.8 Å². The van der Waals surface area contributed by atoms with E-state index in [4.69, 9.17) is 14.2 Å². The number of methoxy groups -OCH3 is 1. The van der Waals surface area contributed by atoms with E-state index in [0.29, 0.717) is 65.0 Å². The van der Waals surface area contributed by atoms with E-state index in [0.717, 1.165) is 36.8 Å². The summed E-state index contributed by atoms with van der Waals surface area (Å²) in [6, 6.07) is 15.0. The van der Waals surface area contributed by atoms with Crippen LogP contribution in [0.2, 0.25) is 0 Å². The van der Waals surface area contributed by atoms with Crippen molar-refractivity contribution < 1.29 is 33.0 Å². The van der Waals surface area contributed by atoms with Gasteiger partial charge in [0.15, 0.2) is 5.78 Å². The van der Waals surface area contributed by atoms with Gasteiger partial charge in [0, 0.05) is 30.0 Å². The molecule has 3 aromatic rings. The lowest BCUT2D eigenvalue weighted by Gasteiger charge is -2.20. The largest absolute Gasteiger partial charge is 0.496 e. The van der Waals surface area contributed by atoms with E-state index in [9.17, 15) is 18.8 Å². The van der Waals surface area contributed by atoms with Crippen LogP contribution in [0, 0.1) is 17.7 Å². The van der Waals surface area contributed by atoms with Crippen molar-refractivity contribution in [3.8, 4) is 17.2 Å². The minimum absolute atomic E-state index is 0.0280. The molecule has 2 atom stereocenters. The van der Waals surface area contributed by atoms with Gasteiger partial charge >= 0.3 is 6.09 Å². The number of ether oxygens (including phenoxy) is 3. The van der Waals surface area contributed by atoms with Gasteiger partial charge < -0.3 is 14.2 Å². The number of aryl methyl sites for hydroxylation is 1. The van der Waals surface area contributed by atoms with Gasteiger partial charge in [0.05, 0.1) is 12.7 Å². The summed E-state index contributed by atoms with van der Waals surface area (Å²) >= 11 is 0. The zero-order chi connectivity index (χ0) is 38.1. The Morgan fingerprint density at radius 1 is 0.843 bits per heavy atom. The Bertz CT molecular complexity index is 1590. The van der Waals surface area contributed by atoms with Crippen molar-refractivity contribution in [3.05, 3.63) is 94.8 Å². The highest BCUT2D eigenvalue weighted by atomic mass is 19.1. The van der Waals surface area contributed by atoms with Crippen LogP contribution in [0.5, 0.6) is 17.2 Å². The van der Waals surface area contributed by atoms with Crippen molar-refractivity contribution in [1.82, 2.24) is 0 Å². The molecule has 0 radical (unpaired) electrons. The van der Waals surface area contributed by atoms with Crippen LogP contribution in [0.3, 0.4) is 0 Å². The summed E-state index contributed by atoms with van der Waals surface area (Å²) in [7, 11) is 1.53. The lowest BCUT2D eigenvalue weighted by Crippen LogP contribution is -2.18. The number of ketones is 2. The topological polar surface area (TPSA) is 90.9 Å². The number of rotatable bonds is 18. The van der Waals surface area contributed by atoms with Crippen molar-refractivity contribution in [3.63, 3.8) is 0 Å². The Morgan fingerprint density at radius 3 is 2.02 bits per heavy atom. The minimum Gasteiger partial charge on any atom is -0.496 e. The molecule has 3 rings (SSSR count). The molecule has 51 heavy (non-hydrogen) atoms. The molecule has 0 fully saturated rings. The maximum atomic E-state index is 13.3. The first-order valence-corrected chi connectivity index (χ1v) is 18.2. The fraction of sp³-hybridized carbons (Fsp3) is 0.465. The summed E-state index contributed by atoms with van der Waals surface area (Å²) in [5.41, 5.74) is 4.83. The lowest BCUT2D eigenvalue weighted by molar-refractivity contribution is -0.119. The van der Waals surface area contributed by atoms with Crippen LogP contribution in [0.4, 0.5) is 14.9 Å². The molecule has 0 bridgehead atoms. The number of halogens is 1. The van der Waals surface area contributed by atoms with E-state index in [1.165, 1.54) is 24.8 Å². The first kappa shape index (κ1) is 42.7. The van der Waals surface area contributed by atoms with Crippen LogP contribution in [-0.2, 0) is 22.6 Å². The third-order valence-electron chi connectivity index (χ3n) is 9.40. The maximum absolute atomic E-state index is 13.3. The summed E-state index contributed by atoms with van der Waals surface area (Å²) in [6.07, 6.45) is 4.88. The molecule has 1 amide bonds. The number of benzene rings is 3. The molecular formula is C43H58FNO6.